The summed E-state index contributed by atoms with van der Waals surface area (Å²) in [5, 5.41) is 17.9. The van der Waals surface area contributed by atoms with Gasteiger partial charge in [0.05, 0.1) is 28.2 Å². The van der Waals surface area contributed by atoms with E-state index in [1.807, 2.05) is 0 Å². The fraction of sp³-hybridized carbons (Fsp3) is 0.150. The van der Waals surface area contributed by atoms with Gasteiger partial charge in [-0.2, -0.15) is 0 Å². The molecule has 4 N–H and O–H groups in total. The molecule has 1 aromatic carbocycles. The first-order valence-electron chi connectivity index (χ1n) is 9.19. The van der Waals surface area contributed by atoms with E-state index in [1.165, 1.54) is 4.90 Å². The molecule has 33 heavy (non-hydrogen) atoms. The Morgan fingerprint density at radius 2 is 1.85 bits per heavy atom. The summed E-state index contributed by atoms with van der Waals surface area (Å²) in [6.45, 7) is -0.155. The molecule has 0 amide bonds. The molecule has 0 radical (unpaired) electrons. The Morgan fingerprint density at radius 1 is 1.18 bits per heavy atom. The minimum atomic E-state index is -1.66. The molecule has 1 saturated heterocycles. The summed E-state index contributed by atoms with van der Waals surface area (Å²) in [5.41, 5.74) is 3.77. The van der Waals surface area contributed by atoms with Crippen molar-refractivity contribution in [2.24, 2.45) is 0 Å². The molecule has 3 aromatic rings. The minimum Gasteiger partial charge on any atom is -0.477 e. The van der Waals surface area contributed by atoms with E-state index in [2.05, 4.69) is 4.98 Å². The van der Waals surface area contributed by atoms with Crippen molar-refractivity contribution >= 4 is 51.6 Å². The summed E-state index contributed by atoms with van der Waals surface area (Å²) in [6.07, 6.45) is 0.757. The van der Waals surface area contributed by atoms with Crippen molar-refractivity contribution in [3.8, 4) is 5.82 Å². The molecule has 0 unspecified atom stereocenters. The van der Waals surface area contributed by atoms with Crippen LogP contribution in [0.1, 0.15) is 10.4 Å². The van der Waals surface area contributed by atoms with Crippen LogP contribution >= 0.6 is 23.2 Å². The molecule has 1 aliphatic heterocycles. The van der Waals surface area contributed by atoms with E-state index in [9.17, 15) is 23.5 Å². The Balaban J connectivity index is 2.05. The van der Waals surface area contributed by atoms with Crippen molar-refractivity contribution in [3.05, 3.63) is 67.2 Å². The van der Waals surface area contributed by atoms with Gasteiger partial charge in [-0.15, -0.1) is 0 Å². The van der Waals surface area contributed by atoms with Gasteiger partial charge in [-0.05, 0) is 11.6 Å². The van der Waals surface area contributed by atoms with Crippen LogP contribution in [0.4, 0.5) is 24.7 Å². The third-order valence-corrected chi connectivity index (χ3v) is 5.90. The topological polar surface area (TPSA) is 122 Å². The normalized spacial score (nSPS) is 13.4. The number of anilines is 2. The van der Waals surface area contributed by atoms with E-state index in [0.717, 1.165) is 16.8 Å². The Bertz CT molecular complexity index is 1430. The summed E-state index contributed by atoms with van der Waals surface area (Å²) in [4.78, 5) is 29.4. The Labute approximate surface area is 192 Å². The number of carboxylic acid groups (broad SMARTS) is 1. The highest BCUT2D eigenvalue weighted by molar-refractivity contribution is 6.38. The number of nitrogen functional groups attached to an aromatic ring is 1. The summed E-state index contributed by atoms with van der Waals surface area (Å²) >= 11 is 12.4. The van der Waals surface area contributed by atoms with Gasteiger partial charge in [0, 0.05) is 30.4 Å². The highest BCUT2D eigenvalue weighted by Gasteiger charge is 2.31. The SMILES string of the molecule is Nc1nc(-n2cc(C(=O)O)c(=O)c3cc(F)c(N4CC(=C(Cl)CO)C4)c(Cl)c32)c(F)cc1F. The van der Waals surface area contributed by atoms with Crippen LogP contribution in [-0.4, -0.2) is 45.4 Å². The molecule has 8 nitrogen and oxygen atoms in total. The summed E-state index contributed by atoms with van der Waals surface area (Å²) < 4.78 is 44.1. The molecular weight excluding hydrogens is 488 g/mol. The standard InChI is InChI=1S/C20H13Cl2F3N4O4/c21-10(6-30)7-3-28(4-7)16-11(23)1-8-15(14(16)22)29(5-9(17(8)31)20(32)33)19-13(25)2-12(24)18(26)27-19/h1-2,5,30H,3-4,6H2,(H2,26,27)(H,32,33). The Morgan fingerprint density at radius 3 is 2.45 bits per heavy atom. The molecule has 172 valence electrons. The fourth-order valence-corrected chi connectivity index (χ4v) is 4.03. The number of carboxylic acids is 1. The van der Waals surface area contributed by atoms with E-state index in [1.54, 1.807) is 0 Å². The van der Waals surface area contributed by atoms with Gasteiger partial charge in [0.2, 0.25) is 5.43 Å². The number of pyridine rings is 2. The third kappa shape index (κ3) is 3.67. The van der Waals surface area contributed by atoms with Gasteiger partial charge in [-0.3, -0.25) is 9.36 Å². The number of nitrogens with zero attached hydrogens (tertiary/aromatic N) is 3. The predicted molar refractivity (Wildman–Crippen MR) is 116 cm³/mol. The minimum absolute atomic E-state index is 0.120. The molecular formula is C20H13Cl2F3N4O4. The zero-order chi connectivity index (χ0) is 24.2. The third-order valence-electron chi connectivity index (χ3n) is 5.16. The quantitative estimate of drug-likeness (QED) is 0.503. The molecule has 0 aliphatic carbocycles. The summed E-state index contributed by atoms with van der Waals surface area (Å²) in [6, 6.07) is 1.21. The van der Waals surface area contributed by atoms with Crippen molar-refractivity contribution in [3.63, 3.8) is 0 Å². The number of nitrogens with two attached hydrogens (primary N) is 1. The van der Waals surface area contributed by atoms with Gasteiger partial charge in [-0.1, -0.05) is 23.2 Å². The maximum absolute atomic E-state index is 15.0. The molecule has 3 heterocycles. The average Bonchev–Trinajstić information content (AvgIpc) is 2.72. The summed E-state index contributed by atoms with van der Waals surface area (Å²) in [5.74, 6) is -6.32. The Kier molecular flexibility index (Phi) is 5.72. The number of aliphatic hydroxyl groups is 1. The van der Waals surface area contributed by atoms with Gasteiger partial charge < -0.3 is 20.8 Å². The second-order valence-electron chi connectivity index (χ2n) is 7.15. The van der Waals surface area contributed by atoms with Gasteiger partial charge in [0.1, 0.15) is 11.4 Å². The maximum Gasteiger partial charge on any atom is 0.341 e. The number of aromatic nitrogens is 2. The van der Waals surface area contributed by atoms with Crippen LogP contribution in [0.2, 0.25) is 5.02 Å². The first-order valence-corrected chi connectivity index (χ1v) is 9.95. The van der Waals surface area contributed by atoms with Crippen molar-refractivity contribution < 1.29 is 28.2 Å². The first kappa shape index (κ1) is 22.9. The number of aliphatic hydroxyl groups excluding tert-OH is 1. The smallest absolute Gasteiger partial charge is 0.341 e. The first-order chi connectivity index (χ1) is 15.5. The fourth-order valence-electron chi connectivity index (χ4n) is 3.51. The number of fused-ring (bicyclic) bond motifs is 1. The number of aromatic carboxylic acids is 1. The zero-order valence-corrected chi connectivity index (χ0v) is 17.9. The second-order valence-corrected chi connectivity index (χ2v) is 7.98. The van der Waals surface area contributed by atoms with E-state index in [0.29, 0.717) is 11.6 Å². The maximum atomic E-state index is 15.0. The van der Waals surface area contributed by atoms with Gasteiger partial charge in [0.25, 0.3) is 0 Å². The van der Waals surface area contributed by atoms with Gasteiger partial charge in [0.15, 0.2) is 23.3 Å². The predicted octanol–water partition coefficient (Wildman–Crippen LogP) is 3.04. The number of carbonyl (C=O) groups is 1. The van der Waals surface area contributed by atoms with Crippen molar-refractivity contribution in [2.45, 2.75) is 0 Å². The second kappa shape index (κ2) is 8.25. The van der Waals surface area contributed by atoms with Crippen molar-refractivity contribution in [1.29, 1.82) is 0 Å². The lowest BCUT2D eigenvalue weighted by Crippen LogP contribution is -2.41. The van der Waals surface area contributed by atoms with Crippen LogP contribution in [0.3, 0.4) is 0 Å². The number of hydrogen-bond acceptors (Lipinski definition) is 6. The lowest BCUT2D eigenvalue weighted by Gasteiger charge is -2.37. The molecule has 1 aliphatic rings. The number of hydrogen-bond donors (Lipinski definition) is 3. The monoisotopic (exact) mass is 500 g/mol. The largest absolute Gasteiger partial charge is 0.477 e. The van der Waals surface area contributed by atoms with Gasteiger partial charge >= 0.3 is 5.97 Å². The van der Waals surface area contributed by atoms with Crippen LogP contribution in [0.25, 0.3) is 16.7 Å². The van der Waals surface area contributed by atoms with E-state index in [4.69, 9.17) is 34.0 Å². The molecule has 2 aromatic heterocycles. The van der Waals surface area contributed by atoms with Crippen LogP contribution in [0.5, 0.6) is 0 Å². The van der Waals surface area contributed by atoms with Crippen molar-refractivity contribution in [2.75, 3.05) is 30.3 Å². The van der Waals surface area contributed by atoms with Crippen molar-refractivity contribution in [1.82, 2.24) is 9.55 Å². The van der Waals surface area contributed by atoms with E-state index in [-0.39, 0.29) is 34.3 Å². The van der Waals surface area contributed by atoms with E-state index < -0.39 is 58.0 Å². The van der Waals surface area contributed by atoms with Crippen LogP contribution in [-0.2, 0) is 0 Å². The van der Waals surface area contributed by atoms with Crippen LogP contribution in [0.15, 0.2) is 33.7 Å². The molecule has 0 atom stereocenters. The van der Waals surface area contributed by atoms with Gasteiger partial charge in [-0.25, -0.2) is 22.9 Å². The zero-order valence-electron chi connectivity index (χ0n) is 16.4. The molecule has 0 spiro atoms. The molecule has 0 saturated carbocycles. The average molecular weight is 501 g/mol. The molecule has 4 rings (SSSR count). The highest BCUT2D eigenvalue weighted by Crippen LogP contribution is 2.40. The molecule has 1 fully saturated rings. The molecule has 13 heteroatoms. The lowest BCUT2D eigenvalue weighted by molar-refractivity contribution is 0.0695. The highest BCUT2D eigenvalue weighted by atomic mass is 35.5. The summed E-state index contributed by atoms with van der Waals surface area (Å²) in [7, 11) is 0. The van der Waals surface area contributed by atoms with Crippen LogP contribution < -0.4 is 16.1 Å². The molecule has 0 bridgehead atoms. The van der Waals surface area contributed by atoms with Crippen LogP contribution in [0, 0.1) is 17.5 Å². The number of halogens is 5. The number of rotatable bonds is 4. The number of benzene rings is 1. The lowest BCUT2D eigenvalue weighted by atomic mass is 10.0. The van der Waals surface area contributed by atoms with E-state index >= 15 is 4.39 Å². The Hall–Kier alpha value is -3.28.